The van der Waals surface area contributed by atoms with Gasteiger partial charge in [0.15, 0.2) is 5.78 Å². The molecule has 1 aromatic heterocycles. The number of thiophene rings is 1. The number of morpholine rings is 1. The van der Waals surface area contributed by atoms with Crippen LogP contribution >= 0.6 is 46.3 Å². The summed E-state index contributed by atoms with van der Waals surface area (Å²) in [6, 6.07) is 15.1. The largest absolute Gasteiger partial charge is 0.378 e. The van der Waals surface area contributed by atoms with Gasteiger partial charge < -0.3 is 15.0 Å². The van der Waals surface area contributed by atoms with Gasteiger partial charge in [0, 0.05) is 35.1 Å². The fraction of sp³-hybridized carbons (Fsp3) is 0.280. The molecular formula is C25H22Cl2N2O3S2. The van der Waals surface area contributed by atoms with Crippen LogP contribution in [0, 0.1) is 0 Å². The first kappa shape index (κ1) is 23.7. The Bertz CT molecular complexity index is 1180. The van der Waals surface area contributed by atoms with Crippen LogP contribution in [0.3, 0.4) is 0 Å². The summed E-state index contributed by atoms with van der Waals surface area (Å²) < 4.78 is 5.45. The number of anilines is 1. The minimum Gasteiger partial charge on any atom is -0.378 e. The first-order chi connectivity index (χ1) is 16.5. The summed E-state index contributed by atoms with van der Waals surface area (Å²) >= 11 is 15.1. The number of halogens is 2. The van der Waals surface area contributed by atoms with Gasteiger partial charge in [-0.15, -0.1) is 11.8 Å². The summed E-state index contributed by atoms with van der Waals surface area (Å²) in [5.74, 6) is -0.478. The highest BCUT2D eigenvalue weighted by molar-refractivity contribution is 8.01. The molecule has 2 fully saturated rings. The number of hydrogen-bond acceptors (Lipinski definition) is 6. The zero-order valence-electron chi connectivity index (χ0n) is 18.1. The number of nitrogens with one attached hydrogen (secondary N) is 1. The lowest BCUT2D eigenvalue weighted by molar-refractivity contribution is -0.132. The maximum absolute atomic E-state index is 13.4. The topological polar surface area (TPSA) is 58.6 Å². The molecule has 0 aliphatic carbocycles. The van der Waals surface area contributed by atoms with Gasteiger partial charge in [0.25, 0.3) is 0 Å². The van der Waals surface area contributed by atoms with E-state index in [9.17, 15) is 9.59 Å². The fourth-order valence-corrected chi connectivity index (χ4v) is 6.66. The number of carbonyl (C=O) groups is 2. The van der Waals surface area contributed by atoms with Crippen LogP contribution in [-0.4, -0.2) is 43.2 Å². The van der Waals surface area contributed by atoms with Crippen molar-refractivity contribution in [3.05, 3.63) is 80.5 Å². The van der Waals surface area contributed by atoms with Crippen molar-refractivity contribution >= 4 is 63.7 Å². The van der Waals surface area contributed by atoms with Crippen molar-refractivity contribution in [3.63, 3.8) is 0 Å². The standard InChI is InChI=1S/C25H22Cl2N2O3S2/c26-18-3-6-20(27)22(13-18)34-23-21(30)14-25(28-24(23)31,17-7-12-33-15-17)16-1-4-19(5-2-16)29-8-10-32-11-9-29/h1-7,12-13,15,23H,8-11,14H2,(H,28,31)/t23?,25-/m1/s1. The van der Waals surface area contributed by atoms with Gasteiger partial charge in [0.05, 0.1) is 23.8 Å². The third-order valence-corrected chi connectivity index (χ3v) is 8.86. The maximum Gasteiger partial charge on any atom is 0.242 e. The Morgan fingerprint density at radius 2 is 1.79 bits per heavy atom. The highest BCUT2D eigenvalue weighted by Gasteiger charge is 2.47. The van der Waals surface area contributed by atoms with Crippen molar-refractivity contribution in [2.24, 2.45) is 0 Å². The van der Waals surface area contributed by atoms with E-state index in [4.69, 9.17) is 27.9 Å². The van der Waals surface area contributed by atoms with Crippen LogP contribution in [0.1, 0.15) is 17.5 Å². The van der Waals surface area contributed by atoms with Gasteiger partial charge in [-0.25, -0.2) is 0 Å². The van der Waals surface area contributed by atoms with Crippen LogP contribution in [0.5, 0.6) is 0 Å². The van der Waals surface area contributed by atoms with Gasteiger partial charge in [-0.3, -0.25) is 9.59 Å². The average Bonchev–Trinajstić information content (AvgIpc) is 3.40. The Kier molecular flexibility index (Phi) is 6.91. The molecule has 9 heteroatoms. The number of ketones is 1. The number of amides is 1. The first-order valence-electron chi connectivity index (χ1n) is 10.9. The van der Waals surface area contributed by atoms with E-state index in [-0.39, 0.29) is 18.1 Å². The van der Waals surface area contributed by atoms with E-state index in [0.29, 0.717) is 28.2 Å². The molecule has 5 nitrogen and oxygen atoms in total. The second-order valence-electron chi connectivity index (χ2n) is 8.27. The number of thioether (sulfide) groups is 1. The van der Waals surface area contributed by atoms with Gasteiger partial charge in [0.2, 0.25) is 5.91 Å². The molecule has 5 rings (SSSR count). The smallest absolute Gasteiger partial charge is 0.242 e. The summed E-state index contributed by atoms with van der Waals surface area (Å²) in [6.45, 7) is 3.10. The molecule has 2 aliphatic heterocycles. The fourth-order valence-electron chi connectivity index (χ4n) is 4.43. The highest BCUT2D eigenvalue weighted by atomic mass is 35.5. The van der Waals surface area contributed by atoms with Gasteiger partial charge in [-0.2, -0.15) is 11.3 Å². The number of hydrogen-bond donors (Lipinski definition) is 1. The van der Waals surface area contributed by atoms with Crippen molar-refractivity contribution in [3.8, 4) is 0 Å². The van der Waals surface area contributed by atoms with Crippen LogP contribution < -0.4 is 10.2 Å². The summed E-state index contributed by atoms with van der Waals surface area (Å²) in [6.07, 6.45) is 0.155. The van der Waals surface area contributed by atoms with Crippen molar-refractivity contribution < 1.29 is 14.3 Å². The Balaban J connectivity index is 1.45. The van der Waals surface area contributed by atoms with E-state index in [1.807, 2.05) is 29.0 Å². The van der Waals surface area contributed by atoms with E-state index in [1.54, 1.807) is 18.2 Å². The minimum atomic E-state index is -0.910. The highest BCUT2D eigenvalue weighted by Crippen LogP contribution is 2.42. The molecule has 1 amide bonds. The molecule has 2 saturated heterocycles. The number of benzene rings is 2. The van der Waals surface area contributed by atoms with Gasteiger partial charge in [0.1, 0.15) is 5.25 Å². The Morgan fingerprint density at radius 3 is 2.47 bits per heavy atom. The minimum absolute atomic E-state index is 0.145. The molecular weight excluding hydrogens is 511 g/mol. The summed E-state index contributed by atoms with van der Waals surface area (Å²) in [4.78, 5) is 29.7. The van der Waals surface area contributed by atoms with E-state index < -0.39 is 10.8 Å². The lowest BCUT2D eigenvalue weighted by atomic mass is 9.77. The SMILES string of the molecule is O=C1C[C@@](c2ccc(N3CCOCC3)cc2)(c2ccsc2)NC(=O)C1Sc1cc(Cl)ccc1Cl. The normalized spacial score (nSPS) is 23.1. The van der Waals surface area contributed by atoms with Gasteiger partial charge in [-0.1, -0.05) is 35.3 Å². The Morgan fingerprint density at radius 1 is 1.03 bits per heavy atom. The van der Waals surface area contributed by atoms with E-state index >= 15 is 0 Å². The molecule has 1 N–H and O–H groups in total. The van der Waals surface area contributed by atoms with Crippen molar-refractivity contribution in [1.29, 1.82) is 0 Å². The lowest BCUT2D eigenvalue weighted by Gasteiger charge is -2.40. The molecule has 0 radical (unpaired) electrons. The van der Waals surface area contributed by atoms with Crippen LogP contribution in [0.25, 0.3) is 0 Å². The zero-order chi connectivity index (χ0) is 23.7. The molecule has 3 aromatic rings. The molecule has 1 unspecified atom stereocenters. The summed E-state index contributed by atoms with van der Waals surface area (Å²) in [7, 11) is 0. The third kappa shape index (κ3) is 4.60. The summed E-state index contributed by atoms with van der Waals surface area (Å²) in [5, 5.41) is 7.22. The molecule has 2 aromatic carbocycles. The van der Waals surface area contributed by atoms with Crippen molar-refractivity contribution in [2.45, 2.75) is 22.1 Å². The number of carbonyl (C=O) groups excluding carboxylic acids is 2. The van der Waals surface area contributed by atoms with Crippen LogP contribution in [0.4, 0.5) is 5.69 Å². The molecule has 2 aliphatic rings. The van der Waals surface area contributed by atoms with Crippen LogP contribution in [0.2, 0.25) is 10.0 Å². The van der Waals surface area contributed by atoms with E-state index in [0.717, 1.165) is 41.7 Å². The maximum atomic E-state index is 13.4. The molecule has 2 atom stereocenters. The van der Waals surface area contributed by atoms with Gasteiger partial charge >= 0.3 is 0 Å². The number of rotatable bonds is 5. The summed E-state index contributed by atoms with van der Waals surface area (Å²) in [5.41, 5.74) is 1.98. The van der Waals surface area contributed by atoms with Gasteiger partial charge in [-0.05, 0) is 58.3 Å². The monoisotopic (exact) mass is 532 g/mol. The molecule has 0 spiro atoms. The molecule has 0 bridgehead atoms. The molecule has 34 heavy (non-hydrogen) atoms. The lowest BCUT2D eigenvalue weighted by Crippen LogP contribution is -2.57. The second kappa shape index (κ2) is 9.91. The predicted molar refractivity (Wildman–Crippen MR) is 138 cm³/mol. The van der Waals surface area contributed by atoms with Crippen molar-refractivity contribution in [1.82, 2.24) is 5.32 Å². The third-order valence-electron chi connectivity index (χ3n) is 6.19. The Hall–Kier alpha value is -2.03. The molecule has 0 saturated carbocycles. The molecule has 176 valence electrons. The van der Waals surface area contributed by atoms with E-state index in [2.05, 4.69) is 22.3 Å². The average molecular weight is 534 g/mol. The predicted octanol–water partition coefficient (Wildman–Crippen LogP) is 5.39. The van der Waals surface area contributed by atoms with Crippen LogP contribution in [0.15, 0.2) is 64.2 Å². The zero-order valence-corrected chi connectivity index (χ0v) is 21.3. The number of Topliss-reactive ketones (excluding diaryl/α,β-unsaturated/α-hetero) is 1. The number of nitrogens with zero attached hydrogens (tertiary/aromatic N) is 1. The van der Waals surface area contributed by atoms with Crippen LogP contribution in [-0.2, 0) is 19.9 Å². The number of piperidine rings is 1. The number of ether oxygens (including phenoxy) is 1. The molecule has 3 heterocycles. The first-order valence-corrected chi connectivity index (χ1v) is 13.5. The Labute approximate surface area is 216 Å². The quantitative estimate of drug-likeness (QED) is 0.446. The van der Waals surface area contributed by atoms with E-state index in [1.165, 1.54) is 11.3 Å². The second-order valence-corrected chi connectivity index (χ2v) is 11.0. The van der Waals surface area contributed by atoms with Crippen molar-refractivity contribution in [2.75, 3.05) is 31.2 Å².